The molecule has 1 saturated carbocycles. The number of hydrogen-bond acceptors (Lipinski definition) is 4. The van der Waals surface area contributed by atoms with E-state index >= 15 is 0 Å². The van der Waals surface area contributed by atoms with Gasteiger partial charge in [0.25, 0.3) is 0 Å². The fourth-order valence-corrected chi connectivity index (χ4v) is 2.32. The van der Waals surface area contributed by atoms with Crippen LogP contribution in [-0.2, 0) is 6.18 Å². The third-order valence-electron chi connectivity index (χ3n) is 3.17. The van der Waals surface area contributed by atoms with Crippen molar-refractivity contribution in [2.45, 2.75) is 57.8 Å². The van der Waals surface area contributed by atoms with Gasteiger partial charge in [0.1, 0.15) is 11.4 Å². The lowest BCUT2D eigenvalue weighted by molar-refractivity contribution is -0.137. The lowest BCUT2D eigenvalue weighted by Gasteiger charge is -2.17. The molecule has 0 unspecified atom stereocenters. The molecule has 0 atom stereocenters. The van der Waals surface area contributed by atoms with Gasteiger partial charge in [-0.3, -0.25) is 0 Å². The molecule has 0 spiro atoms. The van der Waals surface area contributed by atoms with E-state index in [9.17, 15) is 18.0 Å². The largest absolute Gasteiger partial charge is 0.465 e. The van der Waals surface area contributed by atoms with Gasteiger partial charge in [-0.1, -0.05) is 12.8 Å². The van der Waals surface area contributed by atoms with E-state index < -0.39 is 17.8 Å². The van der Waals surface area contributed by atoms with E-state index in [0.717, 1.165) is 25.7 Å². The Morgan fingerprint density at radius 2 is 1.96 bits per heavy atom. The van der Waals surface area contributed by atoms with Crippen molar-refractivity contribution in [3.8, 4) is 0 Å². The number of alkyl halides is 3. The molecular formula is C14H20ClF3N4O2. The molecule has 1 amide bonds. The lowest BCUT2D eigenvalue weighted by atomic mass is 10.2. The summed E-state index contributed by atoms with van der Waals surface area (Å²) in [4.78, 5) is 16.7. The van der Waals surface area contributed by atoms with Gasteiger partial charge in [0.15, 0.2) is 0 Å². The van der Waals surface area contributed by atoms with Crippen molar-refractivity contribution in [1.82, 2.24) is 15.3 Å². The van der Waals surface area contributed by atoms with Crippen LogP contribution in [0.25, 0.3) is 0 Å². The Kier molecular flexibility index (Phi) is 7.53. The van der Waals surface area contributed by atoms with Crippen LogP contribution in [-0.4, -0.2) is 33.3 Å². The highest BCUT2D eigenvalue weighted by atomic mass is 35.5. The maximum absolute atomic E-state index is 12.7. The molecule has 24 heavy (non-hydrogen) atoms. The summed E-state index contributed by atoms with van der Waals surface area (Å²) in [5.41, 5.74) is -0.867. The quantitative estimate of drug-likeness (QED) is 0.697. The summed E-state index contributed by atoms with van der Waals surface area (Å²) in [5, 5.41) is 12.8. The number of halogens is 4. The van der Waals surface area contributed by atoms with Gasteiger partial charge in [0, 0.05) is 18.3 Å². The third-order valence-corrected chi connectivity index (χ3v) is 3.36. The van der Waals surface area contributed by atoms with E-state index in [4.69, 9.17) is 16.7 Å². The first kappa shape index (κ1) is 20.3. The van der Waals surface area contributed by atoms with Crippen molar-refractivity contribution in [3.63, 3.8) is 0 Å². The Bertz CT molecular complexity index is 549. The van der Waals surface area contributed by atoms with Gasteiger partial charge in [-0.15, -0.1) is 0 Å². The fourth-order valence-electron chi connectivity index (χ4n) is 2.19. The van der Waals surface area contributed by atoms with Crippen molar-refractivity contribution < 1.29 is 23.1 Å². The van der Waals surface area contributed by atoms with Gasteiger partial charge in [-0.2, -0.15) is 13.2 Å². The molecule has 3 N–H and O–H groups in total. The molecule has 2 rings (SSSR count). The summed E-state index contributed by atoms with van der Waals surface area (Å²) in [7, 11) is 0. The van der Waals surface area contributed by atoms with Crippen LogP contribution < -0.4 is 10.6 Å². The molecule has 6 nitrogen and oxygen atoms in total. The Hall–Kier alpha value is -1.77. The number of hydrogen-bond donors (Lipinski definition) is 3. The maximum atomic E-state index is 12.7. The van der Waals surface area contributed by atoms with Gasteiger partial charge in [-0.25, -0.2) is 14.8 Å². The number of anilines is 1. The Morgan fingerprint density at radius 3 is 2.38 bits per heavy atom. The summed E-state index contributed by atoms with van der Waals surface area (Å²) >= 11 is 5.52. The van der Waals surface area contributed by atoms with Crippen LogP contribution >= 0.6 is 11.6 Å². The van der Waals surface area contributed by atoms with Gasteiger partial charge in [0.2, 0.25) is 5.28 Å². The number of aromatic nitrogens is 2. The van der Waals surface area contributed by atoms with Crippen LogP contribution in [0.2, 0.25) is 5.28 Å². The molecule has 1 aromatic rings. The highest BCUT2D eigenvalue weighted by molar-refractivity contribution is 6.28. The standard InChI is InChI=1S/C10H11ClF3N3.C4H9NO2/c11-9-15-5-7(10(12,13)14)8(17-9)16-6-3-1-2-4-6;1-3(2)5-4(6)7/h5-6H,1-4H2,(H,15,16,17);3,5H,1-2H3,(H,6,7). The average molecular weight is 369 g/mol. The molecule has 136 valence electrons. The highest BCUT2D eigenvalue weighted by Crippen LogP contribution is 2.35. The molecule has 1 fully saturated rings. The lowest BCUT2D eigenvalue weighted by Crippen LogP contribution is -2.27. The zero-order valence-electron chi connectivity index (χ0n) is 13.3. The summed E-state index contributed by atoms with van der Waals surface area (Å²) in [5.74, 6) is -0.218. The normalized spacial score (nSPS) is 15.0. The minimum absolute atomic E-state index is 0.0255. The predicted octanol–water partition coefficient (Wildman–Crippen LogP) is 4.17. The zero-order chi connectivity index (χ0) is 18.3. The van der Waals surface area contributed by atoms with Gasteiger partial charge < -0.3 is 15.7 Å². The van der Waals surface area contributed by atoms with Crippen LogP contribution in [0.15, 0.2) is 6.20 Å². The predicted molar refractivity (Wildman–Crippen MR) is 84.2 cm³/mol. The molecule has 0 saturated heterocycles. The van der Waals surface area contributed by atoms with Crippen LogP contribution in [0.5, 0.6) is 0 Å². The number of nitrogens with one attached hydrogen (secondary N) is 2. The topological polar surface area (TPSA) is 87.1 Å². The van der Waals surface area contributed by atoms with E-state index in [2.05, 4.69) is 20.6 Å². The molecule has 0 bridgehead atoms. The number of nitrogens with zero attached hydrogens (tertiary/aromatic N) is 2. The van der Waals surface area contributed by atoms with Crippen LogP contribution in [0, 0.1) is 0 Å². The first-order valence-electron chi connectivity index (χ1n) is 7.45. The molecule has 10 heteroatoms. The van der Waals surface area contributed by atoms with Gasteiger partial charge in [-0.05, 0) is 38.3 Å². The number of amides is 1. The molecule has 1 heterocycles. The SMILES string of the molecule is CC(C)NC(=O)O.FC(F)(F)c1cnc(Cl)nc1NC1CCCC1. The number of carbonyl (C=O) groups is 1. The van der Waals surface area contributed by atoms with Crippen LogP contribution in [0.1, 0.15) is 45.1 Å². The van der Waals surface area contributed by atoms with Crippen LogP contribution in [0.4, 0.5) is 23.8 Å². The van der Waals surface area contributed by atoms with E-state index in [1.54, 1.807) is 13.8 Å². The number of rotatable bonds is 3. The van der Waals surface area contributed by atoms with E-state index in [0.29, 0.717) is 6.20 Å². The van der Waals surface area contributed by atoms with E-state index in [1.165, 1.54) is 0 Å². The molecule has 1 aliphatic rings. The molecule has 1 aromatic heterocycles. The minimum Gasteiger partial charge on any atom is -0.465 e. The van der Waals surface area contributed by atoms with Crippen molar-refractivity contribution in [3.05, 3.63) is 17.0 Å². The van der Waals surface area contributed by atoms with E-state index in [1.807, 2.05) is 0 Å². The van der Waals surface area contributed by atoms with Gasteiger partial charge in [0.05, 0.1) is 0 Å². The first-order valence-corrected chi connectivity index (χ1v) is 7.83. The first-order chi connectivity index (χ1) is 11.1. The van der Waals surface area contributed by atoms with Gasteiger partial charge >= 0.3 is 12.3 Å². The third kappa shape index (κ3) is 7.20. The number of carboxylic acid groups (broad SMARTS) is 1. The van der Waals surface area contributed by atoms with Crippen molar-refractivity contribution >= 4 is 23.5 Å². The van der Waals surface area contributed by atoms with Crippen LogP contribution in [0.3, 0.4) is 0 Å². The second-order valence-electron chi connectivity index (χ2n) is 5.63. The Morgan fingerprint density at radius 1 is 1.38 bits per heavy atom. The molecule has 0 aromatic carbocycles. The summed E-state index contributed by atoms with van der Waals surface area (Å²) in [6.07, 6.45) is -0.943. The molecule has 1 aliphatic carbocycles. The summed E-state index contributed by atoms with van der Waals surface area (Å²) in [6, 6.07) is 0.0690. The second-order valence-corrected chi connectivity index (χ2v) is 5.97. The Balaban J connectivity index is 0.000000351. The second kappa shape index (κ2) is 8.91. The minimum atomic E-state index is -4.47. The van der Waals surface area contributed by atoms with Crippen molar-refractivity contribution in [2.75, 3.05) is 5.32 Å². The maximum Gasteiger partial charge on any atom is 0.421 e. The van der Waals surface area contributed by atoms with Crippen molar-refractivity contribution in [2.24, 2.45) is 0 Å². The smallest absolute Gasteiger partial charge is 0.421 e. The Labute approximate surface area is 142 Å². The summed E-state index contributed by atoms with van der Waals surface area (Å²) in [6.45, 7) is 3.54. The average Bonchev–Trinajstić information content (AvgIpc) is 2.89. The monoisotopic (exact) mass is 368 g/mol. The zero-order valence-corrected chi connectivity index (χ0v) is 14.1. The highest BCUT2D eigenvalue weighted by Gasteiger charge is 2.35. The summed E-state index contributed by atoms with van der Waals surface area (Å²) < 4.78 is 38.1. The van der Waals surface area contributed by atoms with Crippen molar-refractivity contribution in [1.29, 1.82) is 0 Å². The fraction of sp³-hybridized carbons (Fsp3) is 0.643. The van der Waals surface area contributed by atoms with E-state index in [-0.39, 0.29) is 23.2 Å². The molecule has 0 radical (unpaired) electrons. The molecule has 0 aliphatic heterocycles. The molecular weight excluding hydrogens is 349 g/mol.